The Morgan fingerprint density at radius 2 is 1.88 bits per heavy atom. The number of piperidine rings is 1. The minimum absolute atomic E-state index is 0.00295. The standard InChI is InChI=1S/C22H22Cl3FN4O3S/c23-22(24,25)20(27-18(31)12-33-16-6-4-15(26)5-7-16)28-21(34)29-9-13-8-14(11-29)17-2-1-3-19(32)30(17)10-13/h1-7,13-14,20H,8-12H2,(H,27,31)(H,28,34)/t13-,14-,20?/m0/s1. The number of alkyl halides is 3. The maximum Gasteiger partial charge on any atom is 0.259 e. The number of thiocarbonyl (C=S) groups is 1. The number of halogens is 4. The lowest BCUT2D eigenvalue weighted by atomic mass is 9.83. The van der Waals surface area contributed by atoms with Gasteiger partial charge in [0.15, 0.2) is 11.7 Å². The number of benzene rings is 1. The van der Waals surface area contributed by atoms with Crippen molar-refractivity contribution in [1.29, 1.82) is 0 Å². The fourth-order valence-corrected chi connectivity index (χ4v) is 4.95. The zero-order chi connectivity index (χ0) is 24.5. The van der Waals surface area contributed by atoms with Crippen LogP contribution in [0.15, 0.2) is 47.3 Å². The molecule has 0 saturated carbocycles. The second-order valence-electron chi connectivity index (χ2n) is 8.34. The molecule has 1 amide bonds. The molecule has 7 nitrogen and oxygen atoms in total. The third-order valence-electron chi connectivity index (χ3n) is 5.85. The molecule has 34 heavy (non-hydrogen) atoms. The van der Waals surface area contributed by atoms with Crippen molar-refractivity contribution in [3.63, 3.8) is 0 Å². The number of fused-ring (bicyclic) bond motifs is 4. The lowest BCUT2D eigenvalue weighted by molar-refractivity contribution is -0.123. The number of ether oxygens (including phenoxy) is 1. The first-order valence-corrected chi connectivity index (χ1v) is 12.1. The molecule has 1 aromatic carbocycles. The van der Waals surface area contributed by atoms with Gasteiger partial charge in [0.05, 0.1) is 0 Å². The summed E-state index contributed by atoms with van der Waals surface area (Å²) in [5.74, 6) is -0.255. The van der Waals surface area contributed by atoms with E-state index in [-0.39, 0.29) is 24.0 Å². The van der Waals surface area contributed by atoms with Crippen LogP contribution in [-0.2, 0) is 11.3 Å². The Balaban J connectivity index is 1.38. The molecule has 2 aliphatic rings. The summed E-state index contributed by atoms with van der Waals surface area (Å²) in [5.41, 5.74) is 0.989. The van der Waals surface area contributed by atoms with Crippen molar-refractivity contribution < 1.29 is 13.9 Å². The van der Waals surface area contributed by atoms with E-state index in [1.54, 1.807) is 12.1 Å². The van der Waals surface area contributed by atoms with E-state index in [1.807, 2.05) is 15.5 Å². The van der Waals surface area contributed by atoms with Crippen molar-refractivity contribution >= 4 is 58.0 Å². The zero-order valence-electron chi connectivity index (χ0n) is 17.8. The van der Waals surface area contributed by atoms with Crippen LogP contribution >= 0.6 is 47.0 Å². The third-order valence-corrected chi connectivity index (χ3v) is 6.88. The largest absolute Gasteiger partial charge is 0.484 e. The van der Waals surface area contributed by atoms with Gasteiger partial charge in [0, 0.05) is 37.3 Å². The number of amides is 1. The number of hydrogen-bond donors (Lipinski definition) is 2. The van der Waals surface area contributed by atoms with E-state index in [4.69, 9.17) is 51.8 Å². The number of pyridine rings is 1. The van der Waals surface area contributed by atoms with Crippen LogP contribution in [0.2, 0.25) is 0 Å². The lowest BCUT2D eigenvalue weighted by Gasteiger charge is -2.44. The molecule has 2 bridgehead atoms. The minimum atomic E-state index is -1.90. The summed E-state index contributed by atoms with van der Waals surface area (Å²) in [6, 6.07) is 10.6. The summed E-state index contributed by atoms with van der Waals surface area (Å²) in [6.07, 6.45) is -0.153. The SMILES string of the molecule is O=C(COc1ccc(F)cc1)NC(NC(=S)N1C[C@@H]2C[C@@H](C1)c1cccc(=O)n1C2)C(Cl)(Cl)Cl. The summed E-state index contributed by atoms with van der Waals surface area (Å²) in [4.78, 5) is 26.6. The molecule has 12 heteroatoms. The quantitative estimate of drug-likeness (QED) is 0.340. The van der Waals surface area contributed by atoms with Crippen LogP contribution in [0.3, 0.4) is 0 Å². The molecule has 1 saturated heterocycles. The number of nitrogens with one attached hydrogen (secondary N) is 2. The normalized spacial score (nSPS) is 20.2. The fraction of sp³-hybridized carbons (Fsp3) is 0.409. The van der Waals surface area contributed by atoms with Crippen LogP contribution < -0.4 is 20.9 Å². The monoisotopic (exact) mass is 546 g/mol. The summed E-state index contributed by atoms with van der Waals surface area (Å²) >= 11 is 23.9. The number of likely N-dealkylation sites (tertiary alicyclic amines) is 1. The summed E-state index contributed by atoms with van der Waals surface area (Å²) in [7, 11) is 0. The molecule has 1 fully saturated rings. The number of nitrogens with zero attached hydrogens (tertiary/aromatic N) is 2. The fourth-order valence-electron chi connectivity index (χ4n) is 4.36. The Kier molecular flexibility index (Phi) is 7.57. The van der Waals surface area contributed by atoms with E-state index in [0.717, 1.165) is 12.1 Å². The predicted octanol–water partition coefficient (Wildman–Crippen LogP) is 3.17. The predicted molar refractivity (Wildman–Crippen MR) is 133 cm³/mol. The molecule has 182 valence electrons. The van der Waals surface area contributed by atoms with Crippen molar-refractivity contribution in [2.45, 2.75) is 28.8 Å². The molecular formula is C22H22Cl3FN4O3S. The van der Waals surface area contributed by atoms with E-state index in [2.05, 4.69) is 10.6 Å². The van der Waals surface area contributed by atoms with E-state index in [9.17, 15) is 14.0 Å². The smallest absolute Gasteiger partial charge is 0.259 e. The van der Waals surface area contributed by atoms with Crippen molar-refractivity contribution in [1.82, 2.24) is 20.1 Å². The Labute approximate surface area is 216 Å². The van der Waals surface area contributed by atoms with Crippen LogP contribution in [0, 0.1) is 11.7 Å². The topological polar surface area (TPSA) is 75.6 Å². The maximum atomic E-state index is 13.0. The van der Waals surface area contributed by atoms with Crippen LogP contribution in [-0.4, -0.2) is 50.1 Å². The molecule has 0 radical (unpaired) electrons. The Hall–Kier alpha value is -2.07. The van der Waals surface area contributed by atoms with Gasteiger partial charge in [-0.2, -0.15) is 0 Å². The van der Waals surface area contributed by atoms with Gasteiger partial charge in [0.2, 0.25) is 3.79 Å². The first kappa shape index (κ1) is 25.0. The van der Waals surface area contributed by atoms with Gasteiger partial charge in [-0.25, -0.2) is 4.39 Å². The third kappa shape index (κ3) is 5.94. The van der Waals surface area contributed by atoms with Crippen molar-refractivity contribution in [2.24, 2.45) is 5.92 Å². The maximum absolute atomic E-state index is 13.0. The van der Waals surface area contributed by atoms with Crippen molar-refractivity contribution in [3.8, 4) is 5.75 Å². The lowest BCUT2D eigenvalue weighted by Crippen LogP contribution is -2.60. The highest BCUT2D eigenvalue weighted by atomic mass is 35.6. The molecule has 2 N–H and O–H groups in total. The number of carbonyl (C=O) groups is 1. The molecular weight excluding hydrogens is 526 g/mol. The van der Waals surface area contributed by atoms with Crippen LogP contribution in [0.4, 0.5) is 4.39 Å². The molecule has 0 spiro atoms. The molecule has 0 aliphatic carbocycles. The van der Waals surface area contributed by atoms with Gasteiger partial charge >= 0.3 is 0 Å². The zero-order valence-corrected chi connectivity index (χ0v) is 20.9. The van der Waals surface area contributed by atoms with Crippen LogP contribution in [0.5, 0.6) is 5.75 Å². The van der Waals surface area contributed by atoms with Gasteiger partial charge in [-0.15, -0.1) is 0 Å². The van der Waals surface area contributed by atoms with Gasteiger partial charge in [-0.05, 0) is 54.9 Å². The highest BCUT2D eigenvalue weighted by Gasteiger charge is 2.38. The summed E-state index contributed by atoms with van der Waals surface area (Å²) in [5, 5.41) is 5.85. The average molecular weight is 548 g/mol. The first-order valence-electron chi connectivity index (χ1n) is 10.6. The minimum Gasteiger partial charge on any atom is -0.484 e. The number of aromatic nitrogens is 1. The molecule has 3 atom stereocenters. The molecule has 3 heterocycles. The van der Waals surface area contributed by atoms with E-state index >= 15 is 0 Å². The summed E-state index contributed by atoms with van der Waals surface area (Å²) < 4.78 is 18.3. The van der Waals surface area contributed by atoms with Gasteiger partial charge in [0.1, 0.15) is 17.7 Å². The second-order valence-corrected chi connectivity index (χ2v) is 11.1. The Bertz CT molecular complexity index is 1130. The Morgan fingerprint density at radius 1 is 1.15 bits per heavy atom. The summed E-state index contributed by atoms with van der Waals surface area (Å²) in [6.45, 7) is 1.49. The molecule has 2 aromatic rings. The highest BCUT2D eigenvalue weighted by molar-refractivity contribution is 7.80. The van der Waals surface area contributed by atoms with E-state index in [0.29, 0.717) is 30.5 Å². The van der Waals surface area contributed by atoms with Crippen molar-refractivity contribution in [2.75, 3.05) is 19.7 Å². The number of carbonyl (C=O) groups excluding carboxylic acids is 1. The number of rotatable bonds is 5. The van der Waals surface area contributed by atoms with E-state index < -0.39 is 21.7 Å². The van der Waals surface area contributed by atoms with Gasteiger partial charge in [-0.3, -0.25) is 9.59 Å². The van der Waals surface area contributed by atoms with E-state index in [1.165, 1.54) is 24.3 Å². The molecule has 1 aromatic heterocycles. The highest BCUT2D eigenvalue weighted by Crippen LogP contribution is 2.35. The molecule has 1 unspecified atom stereocenters. The van der Waals surface area contributed by atoms with Crippen LogP contribution in [0.25, 0.3) is 0 Å². The Morgan fingerprint density at radius 3 is 2.59 bits per heavy atom. The van der Waals surface area contributed by atoms with Gasteiger partial charge < -0.3 is 24.8 Å². The van der Waals surface area contributed by atoms with Gasteiger partial charge in [0.25, 0.3) is 11.5 Å². The molecule has 4 rings (SSSR count). The molecule has 2 aliphatic heterocycles. The van der Waals surface area contributed by atoms with Crippen LogP contribution in [0.1, 0.15) is 18.0 Å². The van der Waals surface area contributed by atoms with Crippen molar-refractivity contribution in [3.05, 3.63) is 64.3 Å². The average Bonchev–Trinajstić information content (AvgIpc) is 2.78. The number of hydrogen-bond acceptors (Lipinski definition) is 4. The first-order chi connectivity index (χ1) is 16.1. The van der Waals surface area contributed by atoms with Gasteiger partial charge in [-0.1, -0.05) is 40.9 Å². The second kappa shape index (κ2) is 10.3.